The van der Waals surface area contributed by atoms with E-state index in [1.807, 2.05) is 29.9 Å². The second-order valence-electron chi connectivity index (χ2n) is 9.48. The summed E-state index contributed by atoms with van der Waals surface area (Å²) in [5.74, 6) is 0. The summed E-state index contributed by atoms with van der Waals surface area (Å²) in [7, 11) is 0.363. The van der Waals surface area contributed by atoms with Crippen molar-refractivity contribution in [2.45, 2.75) is 0 Å². The molecule has 0 N–H and O–H groups in total. The minimum Gasteiger partial charge on any atom is -0.353 e. The van der Waals surface area contributed by atoms with Crippen LogP contribution in [0, 0.1) is 6.07 Å². The van der Waals surface area contributed by atoms with Gasteiger partial charge in [0.05, 0.1) is 43.4 Å². The fourth-order valence-corrected chi connectivity index (χ4v) is 10.9. The molecule has 2 heterocycles. The Bertz CT molecular complexity index is 1390. The molecule has 0 aliphatic heterocycles. The van der Waals surface area contributed by atoms with E-state index in [0.717, 1.165) is 11.4 Å². The van der Waals surface area contributed by atoms with Gasteiger partial charge in [-0.2, -0.15) is 12.1 Å². The molecule has 0 saturated heterocycles. The minimum absolute atomic E-state index is 0. The van der Waals surface area contributed by atoms with Crippen molar-refractivity contribution in [3.63, 3.8) is 0 Å². The molecule has 2 aromatic heterocycles. The van der Waals surface area contributed by atoms with Crippen LogP contribution >= 0.6 is 15.8 Å². The SMILES string of the molecule is Cn1cnc(-c2[c-]cccn2)c1.[Ir].c1ccc([PH+](CC[PH+](c2ccccc2)c2ccccc2)c2ccccc2)cc1. The Morgan fingerprint density at radius 2 is 1.00 bits per heavy atom. The molecule has 41 heavy (non-hydrogen) atoms. The molecular formula is C35H34IrN3P2+. The quantitative estimate of drug-likeness (QED) is 0.141. The second-order valence-corrected chi connectivity index (χ2v) is 14.7. The first kappa shape index (κ1) is 30.7. The molecule has 4 aromatic carbocycles. The molecule has 0 saturated carbocycles. The molecule has 0 amide bonds. The number of benzene rings is 4. The van der Waals surface area contributed by atoms with E-state index in [2.05, 4.69) is 137 Å². The van der Waals surface area contributed by atoms with Crippen LogP contribution in [-0.2, 0) is 27.2 Å². The smallest absolute Gasteiger partial charge is 0.101 e. The average molecular weight is 751 g/mol. The van der Waals surface area contributed by atoms with Crippen molar-refractivity contribution in [2.75, 3.05) is 12.3 Å². The summed E-state index contributed by atoms with van der Waals surface area (Å²) < 4.78 is 1.89. The van der Waals surface area contributed by atoms with E-state index in [-0.39, 0.29) is 20.1 Å². The van der Waals surface area contributed by atoms with Crippen LogP contribution in [0.15, 0.2) is 152 Å². The third-order valence-corrected chi connectivity index (χ3v) is 12.8. The third-order valence-electron chi connectivity index (χ3n) is 6.67. The molecule has 0 atom stereocenters. The number of aromatic nitrogens is 3. The first-order chi connectivity index (χ1) is 19.8. The Morgan fingerprint density at radius 3 is 1.32 bits per heavy atom. The summed E-state index contributed by atoms with van der Waals surface area (Å²) in [6, 6.07) is 51.2. The van der Waals surface area contributed by atoms with Gasteiger partial charge in [-0.05, 0) is 66.6 Å². The van der Waals surface area contributed by atoms with Crippen LogP contribution in [0.5, 0.6) is 0 Å². The Morgan fingerprint density at radius 1 is 0.585 bits per heavy atom. The number of hydrogen-bond acceptors (Lipinski definition) is 2. The minimum atomic E-state index is -0.783. The predicted molar refractivity (Wildman–Crippen MR) is 176 cm³/mol. The number of rotatable bonds is 8. The summed E-state index contributed by atoms with van der Waals surface area (Å²) in [6.07, 6.45) is 7.92. The Labute approximate surface area is 259 Å². The summed E-state index contributed by atoms with van der Waals surface area (Å²) >= 11 is 0. The van der Waals surface area contributed by atoms with Gasteiger partial charge < -0.3 is 4.57 Å². The summed E-state index contributed by atoms with van der Waals surface area (Å²) in [5.41, 5.74) is 1.65. The number of hydrogen-bond donors (Lipinski definition) is 0. The van der Waals surface area contributed by atoms with Gasteiger partial charge in [-0.3, -0.25) is 9.97 Å². The monoisotopic (exact) mass is 751 g/mol. The number of imidazole rings is 1. The summed E-state index contributed by atoms with van der Waals surface area (Å²) in [6.45, 7) is 0. The maximum absolute atomic E-state index is 4.16. The summed E-state index contributed by atoms with van der Waals surface area (Å²) in [5, 5.41) is 6.06. The first-order valence-corrected chi connectivity index (χ1v) is 16.9. The number of aryl methyl sites for hydroxylation is 1. The molecule has 6 rings (SSSR count). The van der Waals surface area contributed by atoms with Gasteiger partial charge in [-0.15, -0.1) is 6.07 Å². The Balaban J connectivity index is 0.000000249. The van der Waals surface area contributed by atoms with E-state index in [1.165, 1.54) is 33.5 Å². The zero-order chi connectivity index (χ0) is 27.4. The second kappa shape index (κ2) is 16.3. The van der Waals surface area contributed by atoms with Crippen LogP contribution in [0.3, 0.4) is 0 Å². The van der Waals surface area contributed by atoms with Crippen LogP contribution in [0.2, 0.25) is 0 Å². The van der Waals surface area contributed by atoms with Crippen molar-refractivity contribution < 1.29 is 20.1 Å². The maximum atomic E-state index is 4.16. The fraction of sp³-hybridized carbons (Fsp3) is 0.0857. The molecule has 0 aliphatic carbocycles. The van der Waals surface area contributed by atoms with Crippen LogP contribution < -0.4 is 21.2 Å². The largest absolute Gasteiger partial charge is 0.353 e. The normalized spacial score (nSPS) is 10.5. The molecule has 0 spiro atoms. The number of pyridine rings is 1. The molecule has 0 fully saturated rings. The summed E-state index contributed by atoms with van der Waals surface area (Å²) in [4.78, 5) is 8.29. The van der Waals surface area contributed by atoms with E-state index >= 15 is 0 Å². The van der Waals surface area contributed by atoms with E-state index < -0.39 is 15.8 Å². The van der Waals surface area contributed by atoms with Crippen LogP contribution in [0.25, 0.3) is 11.4 Å². The van der Waals surface area contributed by atoms with E-state index in [0.29, 0.717) is 0 Å². The van der Waals surface area contributed by atoms with Crippen molar-refractivity contribution in [1.82, 2.24) is 14.5 Å². The molecule has 0 bridgehead atoms. The van der Waals surface area contributed by atoms with Gasteiger partial charge in [-0.25, -0.2) is 0 Å². The average Bonchev–Trinajstić information content (AvgIpc) is 3.48. The van der Waals surface area contributed by atoms with Gasteiger partial charge in [0.1, 0.15) is 12.3 Å². The van der Waals surface area contributed by atoms with Crippen molar-refractivity contribution in [3.05, 3.63) is 158 Å². The molecule has 6 heteroatoms. The molecular weight excluding hydrogens is 717 g/mol. The molecule has 1 radical (unpaired) electrons. The zero-order valence-electron chi connectivity index (χ0n) is 23.0. The van der Waals surface area contributed by atoms with Gasteiger partial charge in [0.25, 0.3) is 0 Å². The topological polar surface area (TPSA) is 30.7 Å². The molecule has 0 aliphatic rings. The van der Waals surface area contributed by atoms with Gasteiger partial charge in [0, 0.05) is 32.8 Å². The maximum Gasteiger partial charge on any atom is 0.101 e. The molecule has 6 aromatic rings. The van der Waals surface area contributed by atoms with Crippen molar-refractivity contribution in [1.29, 1.82) is 0 Å². The van der Waals surface area contributed by atoms with Crippen LogP contribution in [0.1, 0.15) is 0 Å². The number of nitrogens with zero attached hydrogens (tertiary/aromatic N) is 3. The first-order valence-electron chi connectivity index (χ1n) is 13.5. The van der Waals surface area contributed by atoms with Gasteiger partial charge in [0.15, 0.2) is 0 Å². The molecule has 207 valence electrons. The Hall–Kier alpha value is -3.25. The van der Waals surface area contributed by atoms with Crippen LogP contribution in [0.4, 0.5) is 0 Å². The van der Waals surface area contributed by atoms with Crippen molar-refractivity contribution in [3.8, 4) is 11.4 Å². The van der Waals surface area contributed by atoms with Crippen LogP contribution in [-0.4, -0.2) is 26.9 Å². The van der Waals surface area contributed by atoms with E-state index in [1.54, 1.807) is 12.5 Å². The van der Waals surface area contributed by atoms with Gasteiger partial charge >= 0.3 is 0 Å². The standard InChI is InChI=1S/C26H24P2.C9H8N3.Ir/c1-5-13-23(14-6-1)27(24-15-7-2-8-16-24)21-22-28(25-17-9-3-10-18-25)26-19-11-4-12-20-26;1-12-6-9(11-7-12)8-4-2-3-5-10-8;/h1-20H,21-22H2;2-3,5-7H,1H3;/q;-1;/p+2. The van der Waals surface area contributed by atoms with Crippen molar-refractivity contribution >= 4 is 37.1 Å². The Kier molecular flexibility index (Phi) is 12.2. The molecule has 0 unspecified atom stereocenters. The van der Waals surface area contributed by atoms with Gasteiger partial charge in [0.2, 0.25) is 0 Å². The van der Waals surface area contributed by atoms with E-state index in [9.17, 15) is 0 Å². The predicted octanol–water partition coefficient (Wildman–Crippen LogP) is 6.00. The molecule has 3 nitrogen and oxygen atoms in total. The van der Waals surface area contributed by atoms with E-state index in [4.69, 9.17) is 0 Å². The van der Waals surface area contributed by atoms with Gasteiger partial charge in [-0.1, -0.05) is 72.8 Å². The fourth-order valence-electron chi connectivity index (χ4n) is 4.72. The zero-order valence-corrected chi connectivity index (χ0v) is 27.4. The van der Waals surface area contributed by atoms with Crippen molar-refractivity contribution in [2.24, 2.45) is 7.05 Å². The third kappa shape index (κ3) is 8.87.